The van der Waals surface area contributed by atoms with Crippen LogP contribution in [0, 0.1) is 0 Å². The van der Waals surface area contributed by atoms with Crippen LogP contribution in [0.3, 0.4) is 0 Å². The molecule has 6 rings (SSSR count). The Balaban J connectivity index is 1.34. The second-order valence-electron chi connectivity index (χ2n) is 8.05. The number of thioether (sulfide) groups is 1. The topological polar surface area (TPSA) is 56.2 Å². The molecule has 158 valence electrons. The van der Waals surface area contributed by atoms with Gasteiger partial charge >= 0.3 is 0 Å². The van der Waals surface area contributed by atoms with Crippen LogP contribution in [-0.2, 0) is 17.8 Å². The van der Waals surface area contributed by atoms with E-state index in [0.29, 0.717) is 6.54 Å². The molecule has 0 saturated carbocycles. The number of rotatable bonds is 4. The van der Waals surface area contributed by atoms with Crippen LogP contribution in [0.15, 0.2) is 58.5 Å². The smallest absolute Gasteiger partial charge is 0.231 e. The summed E-state index contributed by atoms with van der Waals surface area (Å²) in [5.41, 5.74) is 3.34. The van der Waals surface area contributed by atoms with Gasteiger partial charge in [-0.1, -0.05) is 30.3 Å². The Hall–Kier alpha value is -2.77. The van der Waals surface area contributed by atoms with Crippen molar-refractivity contribution in [2.75, 3.05) is 19.9 Å². The molecule has 1 aromatic heterocycles. The highest BCUT2D eigenvalue weighted by Gasteiger charge is 2.28. The minimum atomic E-state index is 0.269. The molecule has 0 spiro atoms. The van der Waals surface area contributed by atoms with Crippen molar-refractivity contribution in [1.82, 2.24) is 9.88 Å². The first-order valence-electron chi connectivity index (χ1n) is 10.7. The second kappa shape index (κ2) is 8.05. The predicted molar refractivity (Wildman–Crippen MR) is 121 cm³/mol. The average molecular weight is 434 g/mol. The molecule has 6 nitrogen and oxygen atoms in total. The van der Waals surface area contributed by atoms with E-state index in [1.165, 1.54) is 11.1 Å². The fraction of sp³-hybridized carbons (Fsp3) is 0.333. The fourth-order valence-corrected chi connectivity index (χ4v) is 5.24. The highest BCUT2D eigenvalue weighted by molar-refractivity contribution is 8.13. The zero-order valence-corrected chi connectivity index (χ0v) is 17.9. The fourth-order valence-electron chi connectivity index (χ4n) is 4.27. The molecule has 1 atom stereocenters. The largest absolute Gasteiger partial charge is 0.454 e. The van der Waals surface area contributed by atoms with Crippen LogP contribution >= 0.6 is 11.8 Å². The van der Waals surface area contributed by atoms with E-state index in [1.807, 2.05) is 18.2 Å². The molecule has 1 saturated heterocycles. The molecule has 0 amide bonds. The predicted octanol–water partition coefficient (Wildman–Crippen LogP) is 4.61. The maximum atomic E-state index is 5.92. The molecule has 0 N–H and O–H groups in total. The Bertz CT molecular complexity index is 1150. The molecular formula is C24H23N3O3S. The summed E-state index contributed by atoms with van der Waals surface area (Å²) in [4.78, 5) is 12.3. The molecule has 3 aliphatic heterocycles. The Kier molecular flexibility index (Phi) is 4.92. The van der Waals surface area contributed by atoms with E-state index in [2.05, 4.69) is 35.2 Å². The summed E-state index contributed by atoms with van der Waals surface area (Å²) in [5, 5.41) is 3.10. The standard InChI is InChI=1S/C24H23N3O3S/c1-2-5-16(6-3-1)12-25-24-27(14-19-7-4-8-28-19)13-18-9-17-10-21-22(30-15-29-21)11-20(17)26-23(18)31-24/h1-3,5-6,9-11,19H,4,7-8,12-15H2. The molecule has 7 heteroatoms. The zero-order chi connectivity index (χ0) is 20.6. The molecule has 1 fully saturated rings. The molecular weight excluding hydrogens is 410 g/mol. The molecule has 31 heavy (non-hydrogen) atoms. The average Bonchev–Trinajstić information content (AvgIpc) is 3.47. The minimum absolute atomic E-state index is 0.269. The van der Waals surface area contributed by atoms with Crippen LogP contribution in [0.2, 0.25) is 0 Å². The van der Waals surface area contributed by atoms with Gasteiger partial charge in [-0.25, -0.2) is 4.98 Å². The van der Waals surface area contributed by atoms with Crippen LogP contribution in [0.25, 0.3) is 10.9 Å². The Morgan fingerprint density at radius 3 is 2.81 bits per heavy atom. The first kappa shape index (κ1) is 19.0. The van der Waals surface area contributed by atoms with E-state index in [-0.39, 0.29) is 12.9 Å². The van der Waals surface area contributed by atoms with E-state index >= 15 is 0 Å². The molecule has 3 aliphatic rings. The summed E-state index contributed by atoms with van der Waals surface area (Å²) >= 11 is 1.65. The van der Waals surface area contributed by atoms with Gasteiger partial charge in [0.1, 0.15) is 5.03 Å². The van der Waals surface area contributed by atoms with Gasteiger partial charge < -0.3 is 19.1 Å². The van der Waals surface area contributed by atoms with Crippen molar-refractivity contribution in [3.05, 3.63) is 59.7 Å². The third-order valence-corrected chi connectivity index (χ3v) is 6.97. The maximum absolute atomic E-state index is 5.92. The lowest BCUT2D eigenvalue weighted by molar-refractivity contribution is 0.0902. The Morgan fingerprint density at radius 1 is 1.10 bits per heavy atom. The van der Waals surface area contributed by atoms with E-state index in [9.17, 15) is 0 Å². The molecule has 0 radical (unpaired) electrons. The molecule has 2 aromatic carbocycles. The number of ether oxygens (including phenoxy) is 3. The SMILES string of the molecule is c1ccc(CN=C2Sc3nc4cc5c(cc4cc3CN2CC2CCCO2)OCO5)cc1. The van der Waals surface area contributed by atoms with Crippen LogP contribution in [0.5, 0.6) is 11.5 Å². The molecule has 0 bridgehead atoms. The van der Waals surface area contributed by atoms with E-state index in [0.717, 1.165) is 65.1 Å². The number of nitrogens with zero attached hydrogens (tertiary/aromatic N) is 3. The normalized spacial score (nSPS) is 21.1. The van der Waals surface area contributed by atoms with Crippen molar-refractivity contribution < 1.29 is 14.2 Å². The van der Waals surface area contributed by atoms with Gasteiger partial charge in [0.25, 0.3) is 0 Å². The van der Waals surface area contributed by atoms with E-state index in [4.69, 9.17) is 24.2 Å². The number of hydrogen-bond donors (Lipinski definition) is 0. The monoisotopic (exact) mass is 433 g/mol. The van der Waals surface area contributed by atoms with Gasteiger partial charge in [0.2, 0.25) is 6.79 Å². The van der Waals surface area contributed by atoms with Gasteiger partial charge in [-0.05, 0) is 42.3 Å². The Morgan fingerprint density at radius 2 is 1.97 bits per heavy atom. The molecule has 0 aliphatic carbocycles. The lowest BCUT2D eigenvalue weighted by atomic mass is 10.1. The van der Waals surface area contributed by atoms with Crippen LogP contribution < -0.4 is 9.47 Å². The summed E-state index contributed by atoms with van der Waals surface area (Å²) < 4.78 is 17.0. The van der Waals surface area contributed by atoms with Crippen molar-refractivity contribution >= 4 is 27.8 Å². The number of aromatic nitrogens is 1. The number of aliphatic imine (C=N–C) groups is 1. The molecule has 1 unspecified atom stereocenters. The zero-order valence-electron chi connectivity index (χ0n) is 17.1. The van der Waals surface area contributed by atoms with Crippen LogP contribution in [-0.4, -0.2) is 41.1 Å². The Labute approximate surface area is 185 Å². The minimum Gasteiger partial charge on any atom is -0.454 e. The van der Waals surface area contributed by atoms with E-state index < -0.39 is 0 Å². The lowest BCUT2D eigenvalue weighted by Gasteiger charge is -2.32. The van der Waals surface area contributed by atoms with Crippen molar-refractivity contribution in [3.8, 4) is 11.5 Å². The molecule has 3 aromatic rings. The van der Waals surface area contributed by atoms with Gasteiger partial charge in [-0.15, -0.1) is 0 Å². The number of benzene rings is 2. The van der Waals surface area contributed by atoms with Gasteiger partial charge in [-0.3, -0.25) is 4.99 Å². The second-order valence-corrected chi connectivity index (χ2v) is 9.01. The summed E-state index contributed by atoms with van der Waals surface area (Å²) in [6, 6.07) is 16.6. The van der Waals surface area contributed by atoms with Gasteiger partial charge in [-0.2, -0.15) is 0 Å². The van der Waals surface area contributed by atoms with Crippen molar-refractivity contribution in [3.63, 3.8) is 0 Å². The van der Waals surface area contributed by atoms with Gasteiger partial charge in [0.05, 0.1) is 18.2 Å². The van der Waals surface area contributed by atoms with Crippen LogP contribution in [0.1, 0.15) is 24.0 Å². The maximum Gasteiger partial charge on any atom is 0.231 e. The highest BCUT2D eigenvalue weighted by Crippen LogP contribution is 2.39. The highest BCUT2D eigenvalue weighted by atomic mass is 32.2. The number of amidine groups is 1. The summed E-state index contributed by atoms with van der Waals surface area (Å²) in [7, 11) is 0. The quantitative estimate of drug-likeness (QED) is 0.599. The first-order chi connectivity index (χ1) is 15.3. The van der Waals surface area contributed by atoms with Crippen molar-refractivity contribution in [1.29, 1.82) is 0 Å². The van der Waals surface area contributed by atoms with Crippen molar-refractivity contribution in [2.24, 2.45) is 4.99 Å². The lowest BCUT2D eigenvalue weighted by Crippen LogP contribution is -2.38. The van der Waals surface area contributed by atoms with Gasteiger partial charge in [0.15, 0.2) is 16.7 Å². The summed E-state index contributed by atoms with van der Waals surface area (Å²) in [5.74, 6) is 1.55. The third kappa shape index (κ3) is 3.83. The number of pyridine rings is 1. The number of hydrogen-bond acceptors (Lipinski definition) is 6. The third-order valence-electron chi connectivity index (χ3n) is 5.86. The van der Waals surface area contributed by atoms with Gasteiger partial charge in [0, 0.05) is 36.7 Å². The van der Waals surface area contributed by atoms with Crippen LogP contribution in [0.4, 0.5) is 0 Å². The number of fused-ring (bicyclic) bond motifs is 3. The summed E-state index contributed by atoms with van der Waals surface area (Å²) in [6.07, 6.45) is 2.52. The first-order valence-corrected chi connectivity index (χ1v) is 11.5. The molecule has 4 heterocycles. The van der Waals surface area contributed by atoms with Crippen molar-refractivity contribution in [2.45, 2.75) is 37.1 Å². The summed E-state index contributed by atoms with van der Waals surface area (Å²) in [6.45, 7) is 3.43. The van der Waals surface area contributed by atoms with E-state index in [1.54, 1.807) is 11.8 Å².